The lowest BCUT2D eigenvalue weighted by atomic mass is 10.1. The fourth-order valence-electron chi connectivity index (χ4n) is 3.31. The van der Waals surface area contributed by atoms with Crippen LogP contribution < -0.4 is 14.8 Å². The van der Waals surface area contributed by atoms with Gasteiger partial charge in [0.25, 0.3) is 5.91 Å². The summed E-state index contributed by atoms with van der Waals surface area (Å²) in [5.74, 6) is 1.26. The summed E-state index contributed by atoms with van der Waals surface area (Å²) in [4.78, 5) is 17.0. The second-order valence-electron chi connectivity index (χ2n) is 6.63. The molecule has 1 aliphatic rings. The lowest BCUT2D eigenvalue weighted by molar-refractivity contribution is 0.0951. The molecule has 3 aromatic carbocycles. The summed E-state index contributed by atoms with van der Waals surface area (Å²) in [6.07, 6.45) is 1.73. The maximum atomic E-state index is 12.6. The Labute approximate surface area is 171 Å². The molecule has 0 saturated carbocycles. The van der Waals surface area contributed by atoms with Crippen molar-refractivity contribution in [2.45, 2.75) is 6.54 Å². The molecular weight excluding hydrogens is 390 g/mol. The zero-order chi connectivity index (χ0) is 19.8. The lowest BCUT2D eigenvalue weighted by Gasteiger charge is -2.08. The van der Waals surface area contributed by atoms with Gasteiger partial charge in [0.15, 0.2) is 11.5 Å². The van der Waals surface area contributed by atoms with E-state index >= 15 is 0 Å². The molecule has 1 N–H and O–H groups in total. The van der Waals surface area contributed by atoms with E-state index in [-0.39, 0.29) is 12.7 Å². The number of hydrogen-bond acceptors (Lipinski definition) is 4. The molecule has 5 rings (SSSR count). The molecule has 0 atom stereocenters. The topological polar surface area (TPSA) is 65.4 Å². The van der Waals surface area contributed by atoms with Gasteiger partial charge in [-0.3, -0.25) is 9.36 Å². The quantitative estimate of drug-likeness (QED) is 0.548. The van der Waals surface area contributed by atoms with Gasteiger partial charge in [-0.15, -0.1) is 0 Å². The van der Waals surface area contributed by atoms with E-state index < -0.39 is 0 Å². The molecule has 1 aromatic heterocycles. The molecule has 0 fully saturated rings. The van der Waals surface area contributed by atoms with Gasteiger partial charge in [-0.25, -0.2) is 4.98 Å². The maximum Gasteiger partial charge on any atom is 0.251 e. The van der Waals surface area contributed by atoms with Gasteiger partial charge in [0.1, 0.15) is 6.33 Å². The van der Waals surface area contributed by atoms with E-state index in [4.69, 9.17) is 21.1 Å². The van der Waals surface area contributed by atoms with Gasteiger partial charge >= 0.3 is 0 Å². The third-order valence-corrected chi connectivity index (χ3v) is 5.21. The van der Waals surface area contributed by atoms with E-state index in [2.05, 4.69) is 10.3 Å². The summed E-state index contributed by atoms with van der Waals surface area (Å²) in [6, 6.07) is 18.6. The molecule has 0 unspecified atom stereocenters. The average Bonchev–Trinajstić information content (AvgIpc) is 3.38. The highest BCUT2D eigenvalue weighted by atomic mass is 35.5. The Kier molecular flexibility index (Phi) is 4.33. The Bertz CT molecular complexity index is 1240. The summed E-state index contributed by atoms with van der Waals surface area (Å²) >= 11 is 6.15. The zero-order valence-electron chi connectivity index (χ0n) is 15.3. The number of rotatable bonds is 4. The van der Waals surface area contributed by atoms with Crippen molar-refractivity contribution in [3.8, 4) is 17.2 Å². The minimum atomic E-state index is -0.176. The highest BCUT2D eigenvalue weighted by Crippen LogP contribution is 2.34. The van der Waals surface area contributed by atoms with E-state index in [0.29, 0.717) is 22.9 Å². The van der Waals surface area contributed by atoms with Crippen molar-refractivity contribution in [3.05, 3.63) is 83.1 Å². The van der Waals surface area contributed by atoms with Crippen molar-refractivity contribution in [1.82, 2.24) is 14.9 Å². The SMILES string of the molecule is O=C(NCc1ccccc1Cl)c1ccc2c(c1)ncn2-c1ccc2c(c1)OCO2. The van der Waals surface area contributed by atoms with Crippen LogP contribution in [0.25, 0.3) is 16.7 Å². The van der Waals surface area contributed by atoms with Crippen molar-refractivity contribution >= 4 is 28.5 Å². The molecule has 144 valence electrons. The van der Waals surface area contributed by atoms with Gasteiger partial charge in [-0.05, 0) is 42.0 Å². The number of nitrogens with one attached hydrogen (secondary N) is 1. The molecule has 1 aliphatic heterocycles. The molecule has 4 aromatic rings. The fraction of sp³-hybridized carbons (Fsp3) is 0.0909. The minimum absolute atomic E-state index is 0.176. The Morgan fingerprint density at radius 3 is 2.83 bits per heavy atom. The Morgan fingerprint density at radius 1 is 1.07 bits per heavy atom. The minimum Gasteiger partial charge on any atom is -0.454 e. The summed E-state index contributed by atoms with van der Waals surface area (Å²) < 4.78 is 12.8. The van der Waals surface area contributed by atoms with Crippen molar-refractivity contribution < 1.29 is 14.3 Å². The Hall–Kier alpha value is -3.51. The van der Waals surface area contributed by atoms with Crippen molar-refractivity contribution in [3.63, 3.8) is 0 Å². The number of hydrogen-bond donors (Lipinski definition) is 1. The molecule has 7 heteroatoms. The molecule has 1 amide bonds. The number of halogens is 1. The zero-order valence-corrected chi connectivity index (χ0v) is 16.0. The number of amides is 1. The monoisotopic (exact) mass is 405 g/mol. The summed E-state index contributed by atoms with van der Waals surface area (Å²) in [6.45, 7) is 0.596. The predicted molar refractivity (Wildman–Crippen MR) is 110 cm³/mol. The highest BCUT2D eigenvalue weighted by Gasteiger charge is 2.15. The molecule has 0 radical (unpaired) electrons. The molecule has 0 aliphatic carbocycles. The summed E-state index contributed by atoms with van der Waals surface area (Å²) in [7, 11) is 0. The Morgan fingerprint density at radius 2 is 1.93 bits per heavy atom. The Balaban J connectivity index is 1.39. The first-order chi connectivity index (χ1) is 14.2. The largest absolute Gasteiger partial charge is 0.454 e. The third-order valence-electron chi connectivity index (χ3n) is 4.84. The molecule has 6 nitrogen and oxygen atoms in total. The molecule has 0 spiro atoms. The van der Waals surface area contributed by atoms with Crippen molar-refractivity contribution in [1.29, 1.82) is 0 Å². The van der Waals surface area contributed by atoms with Gasteiger partial charge < -0.3 is 14.8 Å². The van der Waals surface area contributed by atoms with Gasteiger partial charge in [0.2, 0.25) is 6.79 Å². The number of carbonyl (C=O) groups is 1. The number of imidazole rings is 1. The standard InChI is InChI=1S/C22H16ClN3O3/c23-17-4-2-1-3-15(17)11-24-22(27)14-5-7-19-18(9-14)25-12-26(19)16-6-8-20-21(10-16)29-13-28-20/h1-10,12H,11,13H2,(H,24,27). The normalized spacial score (nSPS) is 12.3. The first kappa shape index (κ1) is 17.6. The van der Waals surface area contributed by atoms with E-state index in [1.165, 1.54) is 0 Å². The summed E-state index contributed by atoms with van der Waals surface area (Å²) in [5.41, 5.74) is 3.95. The van der Waals surface area contributed by atoms with Gasteiger partial charge in [0.05, 0.1) is 16.7 Å². The molecule has 0 saturated heterocycles. The molecule has 2 heterocycles. The second kappa shape index (κ2) is 7.14. The van der Waals surface area contributed by atoms with Crippen molar-refractivity contribution in [2.24, 2.45) is 0 Å². The van der Waals surface area contributed by atoms with Crippen LogP contribution >= 0.6 is 11.6 Å². The smallest absolute Gasteiger partial charge is 0.251 e. The van der Waals surface area contributed by atoms with Crippen LogP contribution in [0.4, 0.5) is 0 Å². The van der Waals surface area contributed by atoms with Crippen LogP contribution in [-0.4, -0.2) is 22.3 Å². The van der Waals surface area contributed by atoms with E-state index in [0.717, 1.165) is 28.0 Å². The van der Waals surface area contributed by atoms with Crippen LogP contribution in [0.3, 0.4) is 0 Å². The number of aromatic nitrogens is 2. The number of nitrogens with zero attached hydrogens (tertiary/aromatic N) is 2. The number of fused-ring (bicyclic) bond motifs is 2. The number of carbonyl (C=O) groups excluding carboxylic acids is 1. The van der Waals surface area contributed by atoms with Gasteiger partial charge in [-0.1, -0.05) is 29.8 Å². The van der Waals surface area contributed by atoms with Crippen LogP contribution in [0.2, 0.25) is 5.02 Å². The summed E-state index contributed by atoms with van der Waals surface area (Å²) in [5, 5.41) is 3.53. The van der Waals surface area contributed by atoms with E-state index in [1.807, 2.05) is 47.0 Å². The maximum absolute atomic E-state index is 12.6. The van der Waals surface area contributed by atoms with Gasteiger partial charge in [-0.2, -0.15) is 0 Å². The lowest BCUT2D eigenvalue weighted by Crippen LogP contribution is -2.22. The van der Waals surface area contributed by atoms with Crippen molar-refractivity contribution in [2.75, 3.05) is 6.79 Å². The van der Waals surface area contributed by atoms with Crippen LogP contribution in [-0.2, 0) is 6.54 Å². The third kappa shape index (κ3) is 3.28. The van der Waals surface area contributed by atoms with Crippen LogP contribution in [0.1, 0.15) is 15.9 Å². The molecular formula is C22H16ClN3O3. The first-order valence-corrected chi connectivity index (χ1v) is 9.45. The first-order valence-electron chi connectivity index (χ1n) is 9.08. The van der Waals surface area contributed by atoms with Crippen LogP contribution in [0.5, 0.6) is 11.5 Å². The molecule has 0 bridgehead atoms. The highest BCUT2D eigenvalue weighted by molar-refractivity contribution is 6.31. The van der Waals surface area contributed by atoms with Crippen LogP contribution in [0.15, 0.2) is 67.0 Å². The van der Waals surface area contributed by atoms with Crippen LogP contribution in [0, 0.1) is 0 Å². The fourth-order valence-corrected chi connectivity index (χ4v) is 3.52. The average molecular weight is 406 g/mol. The number of benzene rings is 3. The number of ether oxygens (including phenoxy) is 2. The predicted octanol–water partition coefficient (Wildman–Crippen LogP) is 4.34. The molecule has 29 heavy (non-hydrogen) atoms. The van der Waals surface area contributed by atoms with Gasteiger partial charge in [0, 0.05) is 23.2 Å². The second-order valence-corrected chi connectivity index (χ2v) is 7.04. The van der Waals surface area contributed by atoms with E-state index in [1.54, 1.807) is 24.5 Å². The van der Waals surface area contributed by atoms with E-state index in [9.17, 15) is 4.79 Å².